The molecule has 82 valence electrons. The van der Waals surface area contributed by atoms with E-state index in [-0.39, 0.29) is 11.0 Å². The lowest BCUT2D eigenvalue weighted by Gasteiger charge is -2.42. The van der Waals surface area contributed by atoms with Gasteiger partial charge in [0.05, 0.1) is 0 Å². The summed E-state index contributed by atoms with van der Waals surface area (Å²) in [5.41, 5.74) is 1.59. The minimum atomic E-state index is 0.0916. The van der Waals surface area contributed by atoms with Crippen LogP contribution in [0.15, 0.2) is 23.8 Å². The van der Waals surface area contributed by atoms with E-state index in [1.807, 2.05) is 7.05 Å². The van der Waals surface area contributed by atoms with Gasteiger partial charge in [0.1, 0.15) is 0 Å². The first-order valence-electron chi connectivity index (χ1n) is 5.32. The molecule has 1 heteroatoms. The average molecular weight is 195 g/mol. The second-order valence-corrected chi connectivity index (χ2v) is 4.74. The Morgan fingerprint density at radius 3 is 1.86 bits per heavy atom. The zero-order valence-electron chi connectivity index (χ0n) is 10.7. The molecule has 0 saturated heterocycles. The van der Waals surface area contributed by atoms with Gasteiger partial charge in [-0.05, 0) is 40.3 Å². The van der Waals surface area contributed by atoms with E-state index in [4.69, 9.17) is 0 Å². The van der Waals surface area contributed by atoms with Crippen molar-refractivity contribution in [1.29, 1.82) is 0 Å². The van der Waals surface area contributed by atoms with Crippen LogP contribution in [0.2, 0.25) is 0 Å². The Bertz CT molecular complexity index is 232. The smallest absolute Gasteiger partial charge is 0.0213 e. The molecule has 0 aliphatic rings. The third kappa shape index (κ3) is 2.48. The Kier molecular flexibility index (Phi) is 4.60. The topological polar surface area (TPSA) is 12.0 Å². The van der Waals surface area contributed by atoms with Gasteiger partial charge >= 0.3 is 0 Å². The molecule has 0 bridgehead atoms. The standard InChI is InChI=1S/C13H25N/c1-8-10-11(9-2)12(3,4)13(5,6)14-7/h8-10,14H,1-7H3/b10-8-,11-9+. The van der Waals surface area contributed by atoms with Crippen LogP contribution in [0.5, 0.6) is 0 Å². The van der Waals surface area contributed by atoms with E-state index < -0.39 is 0 Å². The number of hydrogen-bond donors (Lipinski definition) is 1. The van der Waals surface area contributed by atoms with Gasteiger partial charge in [-0.15, -0.1) is 0 Å². The van der Waals surface area contributed by atoms with E-state index >= 15 is 0 Å². The van der Waals surface area contributed by atoms with Crippen molar-refractivity contribution < 1.29 is 0 Å². The van der Waals surface area contributed by atoms with Crippen LogP contribution in [0.4, 0.5) is 0 Å². The largest absolute Gasteiger partial charge is 0.314 e. The van der Waals surface area contributed by atoms with Gasteiger partial charge in [-0.25, -0.2) is 0 Å². The van der Waals surface area contributed by atoms with Gasteiger partial charge in [0.2, 0.25) is 0 Å². The van der Waals surface area contributed by atoms with Crippen molar-refractivity contribution in [2.45, 2.75) is 47.1 Å². The quantitative estimate of drug-likeness (QED) is 0.677. The normalized spacial score (nSPS) is 15.2. The molecule has 0 rings (SSSR count). The van der Waals surface area contributed by atoms with Gasteiger partial charge < -0.3 is 5.32 Å². The lowest BCUT2D eigenvalue weighted by atomic mass is 9.69. The second-order valence-electron chi connectivity index (χ2n) is 4.74. The summed E-state index contributed by atoms with van der Waals surface area (Å²) in [7, 11) is 2.02. The summed E-state index contributed by atoms with van der Waals surface area (Å²) in [6.45, 7) is 13.2. The molecule has 1 N–H and O–H groups in total. The third-order valence-corrected chi connectivity index (χ3v) is 3.57. The predicted molar refractivity (Wildman–Crippen MR) is 65.5 cm³/mol. The predicted octanol–water partition coefficient (Wildman–Crippen LogP) is 3.53. The van der Waals surface area contributed by atoms with Crippen LogP contribution in [-0.2, 0) is 0 Å². The Balaban J connectivity index is 5.11. The molecular weight excluding hydrogens is 170 g/mol. The zero-order chi connectivity index (χ0) is 11.4. The van der Waals surface area contributed by atoms with E-state index in [0.717, 1.165) is 0 Å². The lowest BCUT2D eigenvalue weighted by molar-refractivity contribution is 0.213. The maximum absolute atomic E-state index is 3.38. The van der Waals surface area contributed by atoms with Crippen molar-refractivity contribution in [2.75, 3.05) is 7.05 Å². The summed E-state index contributed by atoms with van der Waals surface area (Å²) in [4.78, 5) is 0. The summed E-state index contributed by atoms with van der Waals surface area (Å²) in [5, 5.41) is 3.38. The van der Waals surface area contributed by atoms with Gasteiger partial charge in [0, 0.05) is 11.0 Å². The van der Waals surface area contributed by atoms with Crippen LogP contribution in [0.3, 0.4) is 0 Å². The van der Waals surface area contributed by atoms with Crippen LogP contribution in [0.25, 0.3) is 0 Å². The molecule has 0 amide bonds. The van der Waals surface area contributed by atoms with Gasteiger partial charge in [-0.1, -0.05) is 32.1 Å². The maximum Gasteiger partial charge on any atom is 0.0213 e. The summed E-state index contributed by atoms with van der Waals surface area (Å²) >= 11 is 0. The summed E-state index contributed by atoms with van der Waals surface area (Å²) in [6, 6.07) is 0. The summed E-state index contributed by atoms with van der Waals surface area (Å²) in [5.74, 6) is 0. The highest BCUT2D eigenvalue weighted by Crippen LogP contribution is 2.38. The minimum Gasteiger partial charge on any atom is -0.314 e. The van der Waals surface area contributed by atoms with Crippen LogP contribution in [0.1, 0.15) is 41.5 Å². The minimum absolute atomic E-state index is 0.0916. The summed E-state index contributed by atoms with van der Waals surface area (Å²) in [6.07, 6.45) is 6.49. The van der Waals surface area contributed by atoms with Crippen LogP contribution in [0, 0.1) is 5.41 Å². The molecule has 0 unspecified atom stereocenters. The van der Waals surface area contributed by atoms with Gasteiger partial charge in [0.25, 0.3) is 0 Å². The average Bonchev–Trinajstić information content (AvgIpc) is 2.13. The molecule has 0 spiro atoms. The highest BCUT2D eigenvalue weighted by Gasteiger charge is 2.37. The number of nitrogens with one attached hydrogen (secondary N) is 1. The molecule has 1 nitrogen and oxygen atoms in total. The van der Waals surface area contributed by atoms with Crippen molar-refractivity contribution in [3.8, 4) is 0 Å². The molecule has 0 heterocycles. The highest BCUT2D eigenvalue weighted by atomic mass is 14.9. The van der Waals surface area contributed by atoms with Crippen molar-refractivity contribution in [1.82, 2.24) is 5.32 Å². The molecule has 0 fully saturated rings. The molecule has 14 heavy (non-hydrogen) atoms. The molecule has 0 atom stereocenters. The Labute approximate surface area is 89.3 Å². The number of hydrogen-bond acceptors (Lipinski definition) is 1. The Morgan fingerprint density at radius 1 is 1.07 bits per heavy atom. The zero-order valence-corrected chi connectivity index (χ0v) is 10.7. The molecule has 0 saturated carbocycles. The fourth-order valence-electron chi connectivity index (χ4n) is 1.52. The van der Waals surface area contributed by atoms with Crippen molar-refractivity contribution in [2.24, 2.45) is 5.41 Å². The fourth-order valence-corrected chi connectivity index (χ4v) is 1.52. The van der Waals surface area contributed by atoms with Crippen LogP contribution in [-0.4, -0.2) is 12.6 Å². The molecule has 0 aromatic carbocycles. The molecule has 0 aliphatic heterocycles. The molecule has 0 aromatic rings. The molecule has 0 aliphatic carbocycles. The van der Waals surface area contributed by atoms with Crippen LogP contribution < -0.4 is 5.32 Å². The third-order valence-electron chi connectivity index (χ3n) is 3.57. The van der Waals surface area contributed by atoms with Gasteiger partial charge in [0.15, 0.2) is 0 Å². The van der Waals surface area contributed by atoms with Gasteiger partial charge in [-0.3, -0.25) is 0 Å². The second kappa shape index (κ2) is 4.79. The van der Waals surface area contributed by atoms with E-state index in [1.54, 1.807) is 0 Å². The number of allylic oxidation sites excluding steroid dienone is 3. The van der Waals surface area contributed by atoms with Crippen molar-refractivity contribution in [3.63, 3.8) is 0 Å². The van der Waals surface area contributed by atoms with E-state index in [1.165, 1.54) is 5.57 Å². The highest BCUT2D eigenvalue weighted by molar-refractivity contribution is 5.28. The molecule has 0 radical (unpaired) electrons. The fraction of sp³-hybridized carbons (Fsp3) is 0.692. The van der Waals surface area contributed by atoms with E-state index in [9.17, 15) is 0 Å². The lowest BCUT2D eigenvalue weighted by Crippen LogP contribution is -2.50. The van der Waals surface area contributed by atoms with Crippen LogP contribution >= 0.6 is 0 Å². The van der Waals surface area contributed by atoms with Crippen molar-refractivity contribution >= 4 is 0 Å². The van der Waals surface area contributed by atoms with Crippen molar-refractivity contribution in [3.05, 3.63) is 23.8 Å². The summed E-state index contributed by atoms with van der Waals surface area (Å²) < 4.78 is 0. The number of rotatable bonds is 4. The Hall–Kier alpha value is -0.560. The Morgan fingerprint density at radius 2 is 1.57 bits per heavy atom. The molecular formula is C13H25N. The SMILES string of the molecule is C/C=C\C(=C/C)C(C)(C)C(C)(C)NC. The maximum atomic E-state index is 3.38. The first-order valence-corrected chi connectivity index (χ1v) is 5.32. The monoisotopic (exact) mass is 195 g/mol. The molecule has 0 aromatic heterocycles. The van der Waals surface area contributed by atoms with E-state index in [0.29, 0.717) is 0 Å². The first-order chi connectivity index (χ1) is 6.33. The first kappa shape index (κ1) is 13.4. The van der Waals surface area contributed by atoms with E-state index in [2.05, 4.69) is 65.1 Å². The van der Waals surface area contributed by atoms with Gasteiger partial charge in [-0.2, -0.15) is 0 Å².